The lowest BCUT2D eigenvalue weighted by Gasteiger charge is -2.34. The van der Waals surface area contributed by atoms with Gasteiger partial charge in [-0.1, -0.05) is 72.8 Å². The molecule has 0 atom stereocenters. The van der Waals surface area contributed by atoms with Gasteiger partial charge < -0.3 is 9.64 Å². The Hall–Kier alpha value is -3.28. The number of amides is 2. The number of rotatable bonds is 7. The molecule has 3 aromatic rings. The highest BCUT2D eigenvalue weighted by Crippen LogP contribution is 2.30. The van der Waals surface area contributed by atoms with E-state index in [2.05, 4.69) is 53.4 Å². The predicted octanol–water partition coefficient (Wildman–Crippen LogP) is 4.55. The average Bonchev–Trinajstić information content (AvgIpc) is 3.12. The molecule has 3 aromatic carbocycles. The SMILES string of the molecule is O=C1c2ccccc2C(=O)N1CCN1CCC(OC(c2ccccc2)c2ccccc2)CC1. The number of imide groups is 1. The molecule has 33 heavy (non-hydrogen) atoms. The van der Waals surface area contributed by atoms with Gasteiger partial charge in [0.2, 0.25) is 0 Å². The maximum absolute atomic E-state index is 12.6. The van der Waals surface area contributed by atoms with E-state index in [1.54, 1.807) is 24.3 Å². The minimum atomic E-state index is -0.178. The summed E-state index contributed by atoms with van der Waals surface area (Å²) in [5.74, 6) is -0.357. The van der Waals surface area contributed by atoms with E-state index in [0.29, 0.717) is 24.2 Å². The first kappa shape index (κ1) is 21.6. The number of nitrogens with zero attached hydrogens (tertiary/aromatic N) is 2. The van der Waals surface area contributed by atoms with Gasteiger partial charge in [0.15, 0.2) is 0 Å². The van der Waals surface area contributed by atoms with Gasteiger partial charge >= 0.3 is 0 Å². The van der Waals surface area contributed by atoms with Crippen LogP contribution in [0.15, 0.2) is 84.9 Å². The van der Waals surface area contributed by atoms with Crippen LogP contribution < -0.4 is 0 Å². The highest BCUT2D eigenvalue weighted by molar-refractivity contribution is 6.21. The molecule has 5 rings (SSSR count). The monoisotopic (exact) mass is 440 g/mol. The molecule has 1 fully saturated rings. The zero-order chi connectivity index (χ0) is 22.6. The van der Waals surface area contributed by atoms with Gasteiger partial charge in [-0.2, -0.15) is 0 Å². The van der Waals surface area contributed by atoms with Gasteiger partial charge in [-0.3, -0.25) is 14.5 Å². The second-order valence-electron chi connectivity index (χ2n) is 8.69. The Morgan fingerprint density at radius 1 is 0.697 bits per heavy atom. The molecule has 5 nitrogen and oxygen atoms in total. The summed E-state index contributed by atoms with van der Waals surface area (Å²) in [6, 6.07) is 27.8. The molecule has 0 unspecified atom stereocenters. The number of carbonyl (C=O) groups is 2. The van der Waals surface area contributed by atoms with Crippen molar-refractivity contribution in [3.8, 4) is 0 Å². The normalized spacial score (nSPS) is 17.1. The zero-order valence-electron chi connectivity index (χ0n) is 18.6. The quantitative estimate of drug-likeness (QED) is 0.506. The maximum Gasteiger partial charge on any atom is 0.261 e. The summed E-state index contributed by atoms with van der Waals surface area (Å²) in [6.07, 6.45) is 1.95. The van der Waals surface area contributed by atoms with Crippen LogP contribution in [0.2, 0.25) is 0 Å². The third kappa shape index (κ3) is 4.61. The average molecular weight is 441 g/mol. The first-order chi connectivity index (χ1) is 16.2. The third-order valence-corrected chi connectivity index (χ3v) is 6.59. The van der Waals surface area contributed by atoms with E-state index in [4.69, 9.17) is 4.74 Å². The van der Waals surface area contributed by atoms with Gasteiger partial charge in [-0.05, 0) is 36.1 Å². The van der Waals surface area contributed by atoms with Gasteiger partial charge in [0.25, 0.3) is 11.8 Å². The molecule has 2 heterocycles. The number of benzene rings is 3. The van der Waals surface area contributed by atoms with E-state index in [1.165, 1.54) is 4.90 Å². The van der Waals surface area contributed by atoms with Crippen molar-refractivity contribution in [2.45, 2.75) is 25.0 Å². The highest BCUT2D eigenvalue weighted by Gasteiger charge is 2.35. The predicted molar refractivity (Wildman–Crippen MR) is 127 cm³/mol. The summed E-state index contributed by atoms with van der Waals surface area (Å²) in [5.41, 5.74) is 3.36. The number of hydrogen-bond acceptors (Lipinski definition) is 4. The van der Waals surface area contributed by atoms with Gasteiger partial charge in [0.1, 0.15) is 6.10 Å². The molecule has 0 bridgehead atoms. The second-order valence-corrected chi connectivity index (χ2v) is 8.69. The molecule has 0 saturated carbocycles. The van der Waals surface area contributed by atoms with Crippen LogP contribution in [0, 0.1) is 0 Å². The van der Waals surface area contributed by atoms with Crippen molar-refractivity contribution in [3.63, 3.8) is 0 Å². The molecule has 168 valence electrons. The fraction of sp³-hybridized carbons (Fsp3) is 0.286. The lowest BCUT2D eigenvalue weighted by molar-refractivity contribution is -0.0275. The first-order valence-electron chi connectivity index (χ1n) is 11.6. The van der Waals surface area contributed by atoms with E-state index in [-0.39, 0.29) is 24.0 Å². The standard InChI is InChI=1S/C28H28N2O3/c31-27-24-13-7-8-14-25(24)28(32)30(27)20-19-29-17-15-23(16-18-29)33-26(21-9-3-1-4-10-21)22-11-5-2-6-12-22/h1-14,23,26H,15-20H2. The minimum Gasteiger partial charge on any atom is -0.365 e. The smallest absolute Gasteiger partial charge is 0.261 e. The first-order valence-corrected chi connectivity index (χ1v) is 11.6. The second kappa shape index (κ2) is 9.69. The Morgan fingerprint density at radius 3 is 1.70 bits per heavy atom. The van der Waals surface area contributed by atoms with Crippen LogP contribution in [-0.4, -0.2) is 53.9 Å². The molecular formula is C28H28N2O3. The maximum atomic E-state index is 12.6. The van der Waals surface area contributed by atoms with Crippen molar-refractivity contribution in [2.75, 3.05) is 26.2 Å². The summed E-state index contributed by atoms with van der Waals surface area (Å²) >= 11 is 0. The number of likely N-dealkylation sites (tertiary alicyclic amines) is 1. The van der Waals surface area contributed by atoms with Crippen LogP contribution in [0.25, 0.3) is 0 Å². The fourth-order valence-electron chi connectivity index (χ4n) is 4.75. The van der Waals surface area contributed by atoms with Crippen molar-refractivity contribution in [1.82, 2.24) is 9.80 Å². The molecule has 5 heteroatoms. The lowest BCUT2D eigenvalue weighted by atomic mass is 10.00. The van der Waals surface area contributed by atoms with Crippen molar-refractivity contribution in [2.24, 2.45) is 0 Å². The number of carbonyl (C=O) groups excluding carboxylic acids is 2. The summed E-state index contributed by atoms with van der Waals surface area (Å²) in [4.78, 5) is 28.9. The Labute approximate surface area is 194 Å². The van der Waals surface area contributed by atoms with Gasteiger partial charge in [-0.25, -0.2) is 0 Å². The molecule has 2 aliphatic rings. The van der Waals surface area contributed by atoms with Gasteiger partial charge in [-0.15, -0.1) is 0 Å². The Kier molecular flexibility index (Phi) is 6.33. The molecule has 0 spiro atoms. The molecule has 0 aliphatic carbocycles. The molecular weight excluding hydrogens is 412 g/mol. The van der Waals surface area contributed by atoms with E-state index in [0.717, 1.165) is 37.1 Å². The Morgan fingerprint density at radius 2 is 1.18 bits per heavy atom. The summed E-state index contributed by atoms with van der Waals surface area (Å²) in [6.45, 7) is 2.90. The highest BCUT2D eigenvalue weighted by atomic mass is 16.5. The van der Waals surface area contributed by atoms with Gasteiger partial charge in [0.05, 0.1) is 17.2 Å². The summed E-state index contributed by atoms with van der Waals surface area (Å²) in [5, 5.41) is 0. The van der Waals surface area contributed by atoms with Crippen molar-refractivity contribution < 1.29 is 14.3 Å². The number of piperidine rings is 1. The van der Waals surface area contributed by atoms with E-state index >= 15 is 0 Å². The largest absolute Gasteiger partial charge is 0.365 e. The van der Waals surface area contributed by atoms with Crippen molar-refractivity contribution in [3.05, 3.63) is 107 Å². The number of ether oxygens (including phenoxy) is 1. The molecule has 2 amide bonds. The van der Waals surface area contributed by atoms with E-state index in [9.17, 15) is 9.59 Å². The Bertz CT molecular complexity index is 1030. The topological polar surface area (TPSA) is 49.9 Å². The van der Waals surface area contributed by atoms with Crippen LogP contribution >= 0.6 is 0 Å². The van der Waals surface area contributed by atoms with Crippen LogP contribution in [0.1, 0.15) is 50.8 Å². The molecule has 0 N–H and O–H groups in total. The van der Waals surface area contributed by atoms with Crippen LogP contribution in [0.5, 0.6) is 0 Å². The van der Waals surface area contributed by atoms with Crippen molar-refractivity contribution >= 4 is 11.8 Å². The number of fused-ring (bicyclic) bond motifs is 1. The van der Waals surface area contributed by atoms with E-state index in [1.807, 2.05) is 12.1 Å². The summed E-state index contributed by atoms with van der Waals surface area (Å²) in [7, 11) is 0. The summed E-state index contributed by atoms with van der Waals surface area (Å²) < 4.78 is 6.62. The van der Waals surface area contributed by atoms with Crippen LogP contribution in [0.4, 0.5) is 0 Å². The molecule has 0 radical (unpaired) electrons. The Balaban J connectivity index is 1.17. The van der Waals surface area contributed by atoms with Crippen molar-refractivity contribution in [1.29, 1.82) is 0 Å². The zero-order valence-corrected chi connectivity index (χ0v) is 18.6. The van der Waals surface area contributed by atoms with E-state index < -0.39 is 0 Å². The van der Waals surface area contributed by atoms with Crippen LogP contribution in [0.3, 0.4) is 0 Å². The fourth-order valence-corrected chi connectivity index (χ4v) is 4.75. The number of hydrogen-bond donors (Lipinski definition) is 0. The molecule has 2 aliphatic heterocycles. The lowest BCUT2D eigenvalue weighted by Crippen LogP contribution is -2.43. The molecule has 0 aromatic heterocycles. The minimum absolute atomic E-state index is 0.0812. The van der Waals surface area contributed by atoms with Gasteiger partial charge in [0, 0.05) is 26.2 Å². The molecule has 1 saturated heterocycles. The third-order valence-electron chi connectivity index (χ3n) is 6.59. The van der Waals surface area contributed by atoms with Crippen LogP contribution in [-0.2, 0) is 4.74 Å².